The largest absolute Gasteiger partial charge is 0.492 e. The zero-order chi connectivity index (χ0) is 28.5. The highest BCUT2D eigenvalue weighted by atomic mass is 16.5. The molecule has 0 radical (unpaired) electrons. The highest BCUT2D eigenvalue weighted by Crippen LogP contribution is 2.47. The second-order valence-corrected chi connectivity index (χ2v) is 10.8. The lowest BCUT2D eigenvalue weighted by Crippen LogP contribution is -2.71. The molecule has 39 heavy (non-hydrogen) atoms. The number of piperazine rings is 1. The van der Waals surface area contributed by atoms with Crippen LogP contribution in [0.3, 0.4) is 0 Å². The normalized spacial score (nSPS) is 30.3. The number of fused-ring (bicyclic) bond motifs is 5. The number of carbonyl (C=O) groups excluding carboxylic acids is 5. The molecule has 5 atom stereocenters. The Balaban J connectivity index is 1.64. The topological polar surface area (TPSA) is 143 Å². The average Bonchev–Trinajstić information content (AvgIpc) is 2.89. The molecule has 11 heteroatoms. The lowest BCUT2D eigenvalue weighted by molar-refractivity contribution is -0.129. The molecule has 0 aromatic carbocycles. The van der Waals surface area contributed by atoms with E-state index in [9.17, 15) is 29.1 Å². The first-order valence-corrected chi connectivity index (χ1v) is 13.0. The van der Waals surface area contributed by atoms with Gasteiger partial charge in [-0.1, -0.05) is 0 Å². The molecule has 208 valence electrons. The summed E-state index contributed by atoms with van der Waals surface area (Å²) in [7, 11) is 4.61. The van der Waals surface area contributed by atoms with Crippen molar-refractivity contribution in [2.45, 2.75) is 63.9 Å². The summed E-state index contributed by atoms with van der Waals surface area (Å²) in [5.41, 5.74) is 1.93. The van der Waals surface area contributed by atoms with Crippen molar-refractivity contribution in [2.75, 3.05) is 34.4 Å². The van der Waals surface area contributed by atoms with E-state index in [1.54, 1.807) is 13.8 Å². The Bertz CT molecular complexity index is 1350. The first-order valence-electron chi connectivity index (χ1n) is 13.0. The predicted octanol–water partition coefficient (Wildman–Crippen LogP) is -0.250. The maximum Gasteiger partial charge on any atom is 0.248 e. The Morgan fingerprint density at radius 2 is 1.49 bits per heavy atom. The van der Waals surface area contributed by atoms with Crippen LogP contribution in [0.1, 0.15) is 33.6 Å². The number of rotatable bonds is 5. The molecular weight excluding hydrogens is 506 g/mol. The Kier molecular flexibility index (Phi) is 6.72. The zero-order valence-corrected chi connectivity index (χ0v) is 22.9. The molecule has 0 aromatic heterocycles. The quantitative estimate of drug-likeness (QED) is 0.449. The molecule has 1 fully saturated rings. The minimum atomic E-state index is -1.26. The van der Waals surface area contributed by atoms with Gasteiger partial charge in [-0.3, -0.25) is 33.8 Å². The van der Waals surface area contributed by atoms with Crippen molar-refractivity contribution in [3.05, 3.63) is 45.0 Å². The number of aliphatic hydroxyl groups excluding tert-OH is 1. The summed E-state index contributed by atoms with van der Waals surface area (Å²) in [6.45, 7) is 4.89. The van der Waals surface area contributed by atoms with E-state index in [0.717, 1.165) is 0 Å². The van der Waals surface area contributed by atoms with Gasteiger partial charge < -0.3 is 19.9 Å². The predicted molar refractivity (Wildman–Crippen MR) is 137 cm³/mol. The highest BCUT2D eigenvalue weighted by molar-refractivity contribution is 6.26. The van der Waals surface area contributed by atoms with Gasteiger partial charge in [0.1, 0.15) is 6.10 Å². The summed E-state index contributed by atoms with van der Waals surface area (Å²) < 4.78 is 10.7. The number of nitrogens with zero attached hydrogens (tertiary/aromatic N) is 2. The molecule has 1 saturated heterocycles. The van der Waals surface area contributed by atoms with Gasteiger partial charge in [0.25, 0.3) is 0 Å². The Hall–Kier alpha value is -3.41. The van der Waals surface area contributed by atoms with Gasteiger partial charge in [-0.25, -0.2) is 0 Å². The molecule has 2 bridgehead atoms. The van der Waals surface area contributed by atoms with Crippen molar-refractivity contribution in [2.24, 2.45) is 0 Å². The highest BCUT2D eigenvalue weighted by Gasteiger charge is 2.56. The van der Waals surface area contributed by atoms with Crippen LogP contribution in [0.2, 0.25) is 0 Å². The molecular formula is C28H33N3O8. The van der Waals surface area contributed by atoms with Crippen LogP contribution in [0.25, 0.3) is 0 Å². The van der Waals surface area contributed by atoms with Crippen LogP contribution in [0, 0.1) is 0 Å². The fraction of sp³-hybridized carbons (Fsp3) is 0.536. The number of aliphatic hydroxyl groups is 1. The molecule has 5 aliphatic rings. The molecule has 0 spiro atoms. The van der Waals surface area contributed by atoms with Gasteiger partial charge in [0, 0.05) is 58.6 Å². The number of hydrogen-bond donors (Lipinski definition) is 2. The van der Waals surface area contributed by atoms with Crippen LogP contribution in [-0.2, 0) is 33.4 Å². The smallest absolute Gasteiger partial charge is 0.248 e. The number of ketones is 4. The van der Waals surface area contributed by atoms with Gasteiger partial charge in [-0.15, -0.1) is 0 Å². The fourth-order valence-corrected chi connectivity index (χ4v) is 6.88. The molecule has 1 amide bonds. The monoisotopic (exact) mass is 539 g/mol. The van der Waals surface area contributed by atoms with Crippen LogP contribution in [0.15, 0.2) is 45.0 Å². The number of Topliss-reactive ketones (excluding diaryl/α,β-unsaturated/α-hetero) is 4. The van der Waals surface area contributed by atoms with E-state index in [1.165, 1.54) is 21.1 Å². The molecule has 5 unspecified atom stereocenters. The summed E-state index contributed by atoms with van der Waals surface area (Å²) in [6.07, 6.45) is -0.732. The number of nitrogens with one attached hydrogen (secondary N) is 1. The van der Waals surface area contributed by atoms with Crippen LogP contribution in [-0.4, -0.2) is 109 Å². The van der Waals surface area contributed by atoms with Crippen molar-refractivity contribution in [3.63, 3.8) is 0 Å². The van der Waals surface area contributed by atoms with Crippen LogP contribution >= 0.6 is 0 Å². The SMILES string of the molecule is COC1=C(C)C(=O)C2=C(C1=O)C1C3CC4=C(C(=O)C(OC)=C(C)C4=O)C(CNC(=O)C(C)O)N3CC(C2)N1C. The minimum Gasteiger partial charge on any atom is -0.492 e. The Morgan fingerprint density at radius 3 is 2.03 bits per heavy atom. The standard InChI is InChI=1S/C28H33N3O8/c1-11-22(33)15-7-14-10-31-17(21(30(14)4)20(15)25(36)27(11)39-6)8-16-19(18(31)9-29-28(37)13(3)32)24(35)26(38-5)12(2)23(16)34/h13-14,17-18,21,32H,7-10H2,1-6H3,(H,29,37). The summed E-state index contributed by atoms with van der Waals surface area (Å²) >= 11 is 0. The van der Waals surface area contributed by atoms with Crippen molar-refractivity contribution < 1.29 is 38.6 Å². The first kappa shape index (κ1) is 27.2. The summed E-state index contributed by atoms with van der Waals surface area (Å²) in [6, 6.07) is -1.83. The van der Waals surface area contributed by atoms with E-state index in [0.29, 0.717) is 29.7 Å². The van der Waals surface area contributed by atoms with Crippen molar-refractivity contribution in [1.82, 2.24) is 15.1 Å². The number of methoxy groups -OCH3 is 2. The molecule has 0 saturated carbocycles. The van der Waals surface area contributed by atoms with E-state index in [4.69, 9.17) is 9.47 Å². The number of hydrogen-bond acceptors (Lipinski definition) is 10. The third-order valence-corrected chi connectivity index (χ3v) is 8.83. The summed E-state index contributed by atoms with van der Waals surface area (Å²) in [4.78, 5) is 70.7. The van der Waals surface area contributed by atoms with Gasteiger partial charge in [0.05, 0.1) is 26.3 Å². The lowest BCUT2D eigenvalue weighted by Gasteiger charge is -2.58. The minimum absolute atomic E-state index is 0.0200. The summed E-state index contributed by atoms with van der Waals surface area (Å²) in [5.74, 6) is -1.89. The van der Waals surface area contributed by atoms with Crippen LogP contribution in [0.5, 0.6) is 0 Å². The van der Waals surface area contributed by atoms with Crippen molar-refractivity contribution in [1.29, 1.82) is 0 Å². The average molecular weight is 540 g/mol. The number of likely N-dealkylation sites (N-methyl/N-ethyl adjacent to an activating group) is 1. The number of carbonyl (C=O) groups is 5. The van der Waals surface area contributed by atoms with Gasteiger partial charge in [-0.05, 0) is 40.7 Å². The van der Waals surface area contributed by atoms with Crippen LogP contribution in [0.4, 0.5) is 0 Å². The van der Waals surface area contributed by atoms with E-state index in [-0.39, 0.29) is 64.6 Å². The van der Waals surface area contributed by atoms with Crippen molar-refractivity contribution in [3.8, 4) is 0 Å². The Morgan fingerprint density at radius 1 is 0.949 bits per heavy atom. The van der Waals surface area contributed by atoms with E-state index in [1.807, 2.05) is 7.05 Å². The molecule has 0 aromatic rings. The third-order valence-electron chi connectivity index (χ3n) is 8.83. The van der Waals surface area contributed by atoms with Gasteiger partial charge >= 0.3 is 0 Å². The second kappa shape index (κ2) is 9.65. The van der Waals surface area contributed by atoms with E-state index in [2.05, 4.69) is 15.1 Å². The number of amides is 1. The Labute approximate surface area is 226 Å². The maximum absolute atomic E-state index is 13.7. The van der Waals surface area contributed by atoms with Gasteiger partial charge in [0.2, 0.25) is 17.5 Å². The maximum atomic E-state index is 13.7. The number of allylic oxidation sites excluding steroid dienone is 4. The van der Waals surface area contributed by atoms with Gasteiger partial charge in [0.15, 0.2) is 23.1 Å². The number of ether oxygens (including phenoxy) is 2. The first-order chi connectivity index (χ1) is 18.4. The lowest BCUT2D eigenvalue weighted by atomic mass is 9.69. The molecule has 3 heterocycles. The zero-order valence-electron chi connectivity index (χ0n) is 22.9. The van der Waals surface area contributed by atoms with Crippen LogP contribution < -0.4 is 5.32 Å². The molecule has 2 N–H and O–H groups in total. The van der Waals surface area contributed by atoms with Crippen molar-refractivity contribution >= 4 is 29.0 Å². The van der Waals surface area contributed by atoms with Gasteiger partial charge in [-0.2, -0.15) is 0 Å². The summed E-state index contributed by atoms with van der Waals surface area (Å²) in [5, 5.41) is 12.5. The fourth-order valence-electron chi connectivity index (χ4n) is 6.88. The van der Waals surface area contributed by atoms with E-state index < -0.39 is 35.9 Å². The van der Waals surface area contributed by atoms with E-state index >= 15 is 0 Å². The third kappa shape index (κ3) is 3.86. The molecule has 2 aliphatic carbocycles. The molecule has 5 rings (SSSR count). The second-order valence-electron chi connectivity index (χ2n) is 10.8. The molecule has 3 aliphatic heterocycles. The molecule has 11 nitrogen and oxygen atoms in total.